The standard InChI is InChI=1S/C15H23BrN2O.ClH/c1-11(17)12-4-3-7-18(9-12)10-13-8-14(16)5-6-15(13)19-2;/h5-6,8,11-12H,3-4,7,9-10,17H2,1-2H3;1H. The van der Waals surface area contributed by atoms with Gasteiger partial charge in [0.2, 0.25) is 0 Å². The van der Waals surface area contributed by atoms with Crippen molar-refractivity contribution in [3.8, 4) is 5.75 Å². The minimum atomic E-state index is 0. The molecule has 2 rings (SSSR count). The summed E-state index contributed by atoms with van der Waals surface area (Å²) in [6.45, 7) is 5.30. The Bertz CT molecular complexity index is 428. The van der Waals surface area contributed by atoms with E-state index in [4.69, 9.17) is 10.5 Å². The van der Waals surface area contributed by atoms with Crippen LogP contribution in [-0.4, -0.2) is 31.1 Å². The predicted molar refractivity (Wildman–Crippen MR) is 89.6 cm³/mol. The molecule has 0 bridgehead atoms. The minimum Gasteiger partial charge on any atom is -0.496 e. The fourth-order valence-electron chi connectivity index (χ4n) is 2.78. The Morgan fingerprint density at radius 3 is 2.90 bits per heavy atom. The second-order valence-corrected chi connectivity index (χ2v) is 6.37. The molecule has 2 atom stereocenters. The first kappa shape index (κ1) is 17.8. The lowest BCUT2D eigenvalue weighted by atomic mass is 9.92. The lowest BCUT2D eigenvalue weighted by Gasteiger charge is -2.34. The van der Waals surface area contributed by atoms with Crippen molar-refractivity contribution in [2.75, 3.05) is 20.2 Å². The molecule has 0 amide bonds. The molecule has 5 heteroatoms. The summed E-state index contributed by atoms with van der Waals surface area (Å²) >= 11 is 3.53. The summed E-state index contributed by atoms with van der Waals surface area (Å²) in [6.07, 6.45) is 2.49. The molecule has 0 spiro atoms. The number of ether oxygens (including phenoxy) is 1. The van der Waals surface area contributed by atoms with Crippen LogP contribution in [0.15, 0.2) is 22.7 Å². The van der Waals surface area contributed by atoms with Gasteiger partial charge in [-0.25, -0.2) is 0 Å². The second kappa shape index (κ2) is 8.23. The normalized spacial score (nSPS) is 21.1. The van der Waals surface area contributed by atoms with Crippen LogP contribution in [0.3, 0.4) is 0 Å². The van der Waals surface area contributed by atoms with Gasteiger partial charge in [-0.2, -0.15) is 0 Å². The van der Waals surface area contributed by atoms with E-state index in [-0.39, 0.29) is 18.4 Å². The van der Waals surface area contributed by atoms with Crippen LogP contribution in [0.25, 0.3) is 0 Å². The lowest BCUT2D eigenvalue weighted by molar-refractivity contribution is 0.153. The maximum absolute atomic E-state index is 6.04. The van der Waals surface area contributed by atoms with Crippen molar-refractivity contribution >= 4 is 28.3 Å². The smallest absolute Gasteiger partial charge is 0.123 e. The molecule has 1 fully saturated rings. The fourth-order valence-corrected chi connectivity index (χ4v) is 3.18. The zero-order valence-corrected chi connectivity index (χ0v) is 14.5. The summed E-state index contributed by atoms with van der Waals surface area (Å²) in [5.41, 5.74) is 7.28. The van der Waals surface area contributed by atoms with Crippen molar-refractivity contribution < 1.29 is 4.74 Å². The Morgan fingerprint density at radius 1 is 1.50 bits per heavy atom. The van der Waals surface area contributed by atoms with Crippen LogP contribution >= 0.6 is 28.3 Å². The van der Waals surface area contributed by atoms with E-state index >= 15 is 0 Å². The largest absolute Gasteiger partial charge is 0.496 e. The third-order valence-electron chi connectivity index (χ3n) is 3.92. The van der Waals surface area contributed by atoms with E-state index in [2.05, 4.69) is 33.8 Å². The third kappa shape index (κ3) is 4.62. The fraction of sp³-hybridized carbons (Fsp3) is 0.600. The van der Waals surface area contributed by atoms with E-state index in [0.717, 1.165) is 29.9 Å². The molecular formula is C15H24BrClN2O. The highest BCUT2D eigenvalue weighted by Crippen LogP contribution is 2.27. The summed E-state index contributed by atoms with van der Waals surface area (Å²) in [4.78, 5) is 2.49. The Kier molecular flexibility index (Phi) is 7.30. The van der Waals surface area contributed by atoms with Gasteiger partial charge in [-0.15, -0.1) is 12.4 Å². The highest BCUT2D eigenvalue weighted by Gasteiger charge is 2.23. The molecule has 0 radical (unpaired) electrons. The van der Waals surface area contributed by atoms with Crippen molar-refractivity contribution in [3.63, 3.8) is 0 Å². The quantitative estimate of drug-likeness (QED) is 0.890. The molecule has 20 heavy (non-hydrogen) atoms. The van der Waals surface area contributed by atoms with E-state index in [1.54, 1.807) is 7.11 Å². The lowest BCUT2D eigenvalue weighted by Crippen LogP contribution is -2.41. The number of benzene rings is 1. The third-order valence-corrected chi connectivity index (χ3v) is 4.42. The van der Waals surface area contributed by atoms with Gasteiger partial charge in [0.15, 0.2) is 0 Å². The molecule has 1 heterocycles. The highest BCUT2D eigenvalue weighted by molar-refractivity contribution is 9.10. The average Bonchev–Trinajstić information content (AvgIpc) is 2.39. The SMILES string of the molecule is COc1ccc(Br)cc1CN1CCCC(C(C)N)C1.Cl. The molecule has 3 nitrogen and oxygen atoms in total. The van der Waals surface area contributed by atoms with Crippen molar-refractivity contribution in [3.05, 3.63) is 28.2 Å². The van der Waals surface area contributed by atoms with Gasteiger partial charge < -0.3 is 10.5 Å². The molecule has 1 aromatic carbocycles. The summed E-state index contributed by atoms with van der Waals surface area (Å²) in [5, 5.41) is 0. The Morgan fingerprint density at radius 2 is 2.25 bits per heavy atom. The Labute approximate surface area is 136 Å². The molecule has 0 aromatic heterocycles. The molecule has 1 aliphatic rings. The summed E-state index contributed by atoms with van der Waals surface area (Å²) in [7, 11) is 1.73. The number of nitrogens with two attached hydrogens (primary N) is 1. The van der Waals surface area contributed by atoms with Crippen LogP contribution < -0.4 is 10.5 Å². The van der Waals surface area contributed by atoms with Crippen LogP contribution in [0, 0.1) is 5.92 Å². The number of methoxy groups -OCH3 is 1. The van der Waals surface area contributed by atoms with Crippen LogP contribution in [0.5, 0.6) is 5.75 Å². The van der Waals surface area contributed by atoms with E-state index in [9.17, 15) is 0 Å². The zero-order chi connectivity index (χ0) is 13.8. The first-order chi connectivity index (χ1) is 9.10. The molecule has 0 aliphatic carbocycles. The van der Waals surface area contributed by atoms with Crippen LogP contribution in [0.1, 0.15) is 25.3 Å². The first-order valence-electron chi connectivity index (χ1n) is 6.90. The molecule has 1 saturated heterocycles. The zero-order valence-electron chi connectivity index (χ0n) is 12.1. The summed E-state index contributed by atoms with van der Waals surface area (Å²) in [6, 6.07) is 6.47. The number of rotatable bonds is 4. The van der Waals surface area contributed by atoms with Crippen LogP contribution in [-0.2, 0) is 6.54 Å². The molecule has 0 saturated carbocycles. The van der Waals surface area contributed by atoms with Crippen LogP contribution in [0.2, 0.25) is 0 Å². The average molecular weight is 364 g/mol. The number of halogens is 2. The molecule has 2 N–H and O–H groups in total. The number of piperidine rings is 1. The molecule has 2 unspecified atom stereocenters. The van der Waals surface area contributed by atoms with Crippen molar-refractivity contribution in [1.29, 1.82) is 0 Å². The number of nitrogens with zero attached hydrogens (tertiary/aromatic N) is 1. The Hall–Kier alpha value is -0.290. The predicted octanol–water partition coefficient (Wildman–Crippen LogP) is 3.44. The van der Waals surface area contributed by atoms with Gasteiger partial charge in [-0.1, -0.05) is 15.9 Å². The Balaban J connectivity index is 0.00000200. The van der Waals surface area contributed by atoms with Crippen molar-refractivity contribution in [1.82, 2.24) is 4.90 Å². The highest BCUT2D eigenvalue weighted by atomic mass is 79.9. The summed E-state index contributed by atoms with van der Waals surface area (Å²) in [5.74, 6) is 1.58. The molecular weight excluding hydrogens is 340 g/mol. The molecule has 1 aliphatic heterocycles. The maximum atomic E-state index is 6.04. The summed E-state index contributed by atoms with van der Waals surface area (Å²) < 4.78 is 6.54. The first-order valence-corrected chi connectivity index (χ1v) is 7.70. The molecule has 114 valence electrons. The minimum absolute atomic E-state index is 0. The van der Waals surface area contributed by atoms with E-state index < -0.39 is 0 Å². The van der Waals surface area contributed by atoms with E-state index in [1.165, 1.54) is 18.4 Å². The topological polar surface area (TPSA) is 38.5 Å². The second-order valence-electron chi connectivity index (χ2n) is 5.45. The maximum Gasteiger partial charge on any atom is 0.123 e. The number of hydrogen-bond donors (Lipinski definition) is 1. The monoisotopic (exact) mass is 362 g/mol. The van der Waals surface area contributed by atoms with E-state index in [1.807, 2.05) is 12.1 Å². The van der Waals surface area contributed by atoms with Gasteiger partial charge in [0, 0.05) is 29.2 Å². The van der Waals surface area contributed by atoms with Gasteiger partial charge in [-0.3, -0.25) is 4.90 Å². The van der Waals surface area contributed by atoms with Gasteiger partial charge in [0.25, 0.3) is 0 Å². The van der Waals surface area contributed by atoms with Crippen LogP contribution in [0.4, 0.5) is 0 Å². The van der Waals surface area contributed by atoms with Crippen molar-refractivity contribution in [2.24, 2.45) is 11.7 Å². The van der Waals surface area contributed by atoms with E-state index in [0.29, 0.717) is 5.92 Å². The number of hydrogen-bond acceptors (Lipinski definition) is 3. The molecule has 1 aromatic rings. The van der Waals surface area contributed by atoms with Crippen molar-refractivity contribution in [2.45, 2.75) is 32.4 Å². The van der Waals surface area contributed by atoms with Gasteiger partial charge >= 0.3 is 0 Å². The van der Waals surface area contributed by atoms with Gasteiger partial charge in [0.05, 0.1) is 7.11 Å². The number of likely N-dealkylation sites (tertiary alicyclic amines) is 1. The van der Waals surface area contributed by atoms with Gasteiger partial charge in [0.1, 0.15) is 5.75 Å². The van der Waals surface area contributed by atoms with Gasteiger partial charge in [-0.05, 0) is 50.4 Å².